The van der Waals surface area contributed by atoms with Crippen LogP contribution in [0.1, 0.15) is 22.3 Å². The highest BCUT2D eigenvalue weighted by Crippen LogP contribution is 2.32. The van der Waals surface area contributed by atoms with E-state index in [1.54, 1.807) is 24.3 Å². The van der Waals surface area contributed by atoms with E-state index in [0.29, 0.717) is 22.0 Å². The number of nitriles is 1. The molecule has 1 fully saturated rings. The Labute approximate surface area is 166 Å². The van der Waals surface area contributed by atoms with Crippen LogP contribution in [0.3, 0.4) is 0 Å². The van der Waals surface area contributed by atoms with E-state index in [0.717, 1.165) is 0 Å². The Kier molecular flexibility index (Phi) is 5.62. The summed E-state index contributed by atoms with van der Waals surface area (Å²) in [5.41, 5.74) is 1.66. The van der Waals surface area contributed by atoms with Crippen LogP contribution >= 0.6 is 11.6 Å². The van der Waals surface area contributed by atoms with Gasteiger partial charge in [-0.3, -0.25) is 9.59 Å². The van der Waals surface area contributed by atoms with Crippen molar-refractivity contribution in [3.05, 3.63) is 58.6 Å². The van der Waals surface area contributed by atoms with Gasteiger partial charge in [-0.1, -0.05) is 11.6 Å². The molecule has 28 heavy (non-hydrogen) atoms. The quantitative estimate of drug-likeness (QED) is 0.799. The Balaban J connectivity index is 1.75. The number of carbonyl (C=O) groups excluding carboxylic acids is 3. The molecule has 1 atom stereocenters. The topological polar surface area (TPSA) is 99.5 Å². The Morgan fingerprint density at radius 1 is 1.25 bits per heavy atom. The maximum atomic E-state index is 12.5. The lowest BCUT2D eigenvalue weighted by Gasteiger charge is -2.19. The normalized spacial score (nSPS) is 15.8. The summed E-state index contributed by atoms with van der Waals surface area (Å²) >= 11 is 6.20. The van der Waals surface area contributed by atoms with E-state index in [1.165, 1.54) is 30.2 Å². The highest BCUT2D eigenvalue weighted by atomic mass is 35.5. The zero-order valence-corrected chi connectivity index (χ0v) is 15.7. The molecule has 142 valence electrons. The van der Waals surface area contributed by atoms with Crippen molar-refractivity contribution in [1.82, 2.24) is 0 Å². The predicted octanol–water partition coefficient (Wildman–Crippen LogP) is 2.99. The molecule has 0 bridgehead atoms. The number of amides is 2. The van der Waals surface area contributed by atoms with Gasteiger partial charge in [0.2, 0.25) is 11.8 Å². The fraction of sp³-hybridized carbons (Fsp3) is 0.200. The Morgan fingerprint density at radius 2 is 1.96 bits per heavy atom. The molecule has 1 unspecified atom stereocenters. The molecule has 0 radical (unpaired) electrons. The first-order valence-electron chi connectivity index (χ1n) is 8.42. The molecule has 8 heteroatoms. The smallest absolute Gasteiger partial charge is 0.337 e. The number of methoxy groups -OCH3 is 1. The number of rotatable bonds is 4. The third-order valence-corrected chi connectivity index (χ3v) is 4.76. The average molecular weight is 398 g/mol. The summed E-state index contributed by atoms with van der Waals surface area (Å²) in [7, 11) is 1.27. The minimum atomic E-state index is -0.569. The summed E-state index contributed by atoms with van der Waals surface area (Å²) in [6.07, 6.45) is 0.0287. The molecule has 1 aliphatic heterocycles. The molecular formula is C20H16ClN3O4. The molecule has 0 aromatic heterocycles. The van der Waals surface area contributed by atoms with Crippen LogP contribution < -0.4 is 10.2 Å². The molecular weight excluding hydrogens is 382 g/mol. The highest BCUT2D eigenvalue weighted by molar-refractivity contribution is 6.34. The predicted molar refractivity (Wildman–Crippen MR) is 103 cm³/mol. The molecule has 0 saturated carbocycles. The lowest BCUT2D eigenvalue weighted by molar-refractivity contribution is -0.122. The number of ether oxygens (including phenoxy) is 1. The summed E-state index contributed by atoms with van der Waals surface area (Å²) < 4.78 is 4.69. The van der Waals surface area contributed by atoms with Gasteiger partial charge < -0.3 is 15.0 Å². The number of anilines is 2. The first kappa shape index (κ1) is 19.4. The summed E-state index contributed by atoms with van der Waals surface area (Å²) in [5, 5.41) is 11.9. The minimum absolute atomic E-state index is 0.0287. The monoisotopic (exact) mass is 397 g/mol. The molecule has 0 spiro atoms. The van der Waals surface area contributed by atoms with Gasteiger partial charge in [0, 0.05) is 18.7 Å². The fourth-order valence-corrected chi connectivity index (χ4v) is 3.17. The van der Waals surface area contributed by atoms with Crippen LogP contribution in [0.15, 0.2) is 42.5 Å². The second kappa shape index (κ2) is 8.11. The van der Waals surface area contributed by atoms with Crippen molar-refractivity contribution in [2.24, 2.45) is 5.92 Å². The molecule has 1 aliphatic rings. The third kappa shape index (κ3) is 3.97. The second-order valence-electron chi connectivity index (χ2n) is 6.24. The van der Waals surface area contributed by atoms with Crippen molar-refractivity contribution in [2.45, 2.75) is 6.42 Å². The van der Waals surface area contributed by atoms with Crippen LogP contribution in [0.25, 0.3) is 0 Å². The Bertz CT molecular complexity index is 982. The summed E-state index contributed by atoms with van der Waals surface area (Å²) in [5.74, 6) is -1.68. The Hall–Kier alpha value is -3.37. The summed E-state index contributed by atoms with van der Waals surface area (Å²) in [6.45, 7) is 0.144. The van der Waals surface area contributed by atoms with E-state index in [9.17, 15) is 14.4 Å². The van der Waals surface area contributed by atoms with Gasteiger partial charge in [0.1, 0.15) is 0 Å². The number of carbonyl (C=O) groups is 3. The van der Waals surface area contributed by atoms with Crippen LogP contribution in [-0.2, 0) is 14.3 Å². The highest BCUT2D eigenvalue weighted by Gasteiger charge is 2.36. The molecule has 1 heterocycles. The zero-order valence-electron chi connectivity index (χ0n) is 14.9. The summed E-state index contributed by atoms with van der Waals surface area (Å²) in [6, 6.07) is 13.0. The molecule has 3 rings (SSSR count). The van der Waals surface area contributed by atoms with Crippen molar-refractivity contribution in [1.29, 1.82) is 5.26 Å². The van der Waals surface area contributed by atoms with Crippen LogP contribution in [0.2, 0.25) is 5.02 Å². The van der Waals surface area contributed by atoms with E-state index in [1.807, 2.05) is 6.07 Å². The first-order chi connectivity index (χ1) is 13.4. The van der Waals surface area contributed by atoms with E-state index in [-0.39, 0.29) is 30.3 Å². The lowest BCUT2D eigenvalue weighted by Crippen LogP contribution is -2.28. The molecule has 0 aliphatic carbocycles. The summed E-state index contributed by atoms with van der Waals surface area (Å²) in [4.78, 5) is 38.1. The van der Waals surface area contributed by atoms with E-state index in [4.69, 9.17) is 21.6 Å². The number of esters is 1. The maximum Gasteiger partial charge on any atom is 0.337 e. The second-order valence-corrected chi connectivity index (χ2v) is 6.65. The number of hydrogen-bond acceptors (Lipinski definition) is 5. The van der Waals surface area contributed by atoms with E-state index >= 15 is 0 Å². The number of benzene rings is 2. The van der Waals surface area contributed by atoms with Gasteiger partial charge >= 0.3 is 5.97 Å². The molecule has 2 aromatic carbocycles. The lowest BCUT2D eigenvalue weighted by atomic mass is 10.1. The number of halogens is 1. The van der Waals surface area contributed by atoms with Crippen LogP contribution in [0.4, 0.5) is 11.4 Å². The maximum absolute atomic E-state index is 12.5. The molecule has 2 aromatic rings. The molecule has 1 N–H and O–H groups in total. The van der Waals surface area contributed by atoms with Gasteiger partial charge in [-0.25, -0.2) is 4.79 Å². The van der Waals surface area contributed by atoms with Crippen molar-refractivity contribution < 1.29 is 19.1 Å². The van der Waals surface area contributed by atoms with Crippen LogP contribution in [0.5, 0.6) is 0 Å². The fourth-order valence-electron chi connectivity index (χ4n) is 2.95. The molecule has 7 nitrogen and oxygen atoms in total. The van der Waals surface area contributed by atoms with Crippen molar-refractivity contribution in [3.8, 4) is 6.07 Å². The van der Waals surface area contributed by atoms with Crippen molar-refractivity contribution in [3.63, 3.8) is 0 Å². The zero-order chi connectivity index (χ0) is 20.3. The van der Waals surface area contributed by atoms with Gasteiger partial charge in [0.25, 0.3) is 0 Å². The number of nitrogens with one attached hydrogen (secondary N) is 1. The average Bonchev–Trinajstić information content (AvgIpc) is 3.10. The largest absolute Gasteiger partial charge is 0.465 e. The standard InChI is InChI=1S/C20H16ClN3O4/c1-28-20(27)13-4-7-16(21)17(8-13)24-11-14(9-18(24)25)19(26)23-15-5-2-12(10-22)3-6-15/h2-8,14H,9,11H2,1H3,(H,23,26). The van der Waals surface area contributed by atoms with Gasteiger partial charge in [-0.05, 0) is 42.5 Å². The number of hydrogen-bond donors (Lipinski definition) is 1. The van der Waals surface area contributed by atoms with Crippen LogP contribution in [0, 0.1) is 17.2 Å². The van der Waals surface area contributed by atoms with Gasteiger partial charge in [0.05, 0.1) is 40.9 Å². The minimum Gasteiger partial charge on any atom is -0.465 e. The molecule has 2 amide bonds. The van der Waals surface area contributed by atoms with Crippen molar-refractivity contribution in [2.75, 3.05) is 23.9 Å². The van der Waals surface area contributed by atoms with E-state index < -0.39 is 11.9 Å². The third-order valence-electron chi connectivity index (χ3n) is 4.44. The Morgan fingerprint density at radius 3 is 2.61 bits per heavy atom. The van der Waals surface area contributed by atoms with E-state index in [2.05, 4.69) is 5.32 Å². The van der Waals surface area contributed by atoms with Gasteiger partial charge in [-0.2, -0.15) is 5.26 Å². The SMILES string of the molecule is COC(=O)c1ccc(Cl)c(N2CC(C(=O)Nc3ccc(C#N)cc3)CC2=O)c1. The van der Waals surface area contributed by atoms with Gasteiger partial charge in [0.15, 0.2) is 0 Å². The molecule has 1 saturated heterocycles. The van der Waals surface area contributed by atoms with Crippen molar-refractivity contribution >= 4 is 40.8 Å². The number of nitrogens with zero attached hydrogens (tertiary/aromatic N) is 2. The first-order valence-corrected chi connectivity index (χ1v) is 8.80. The van der Waals surface area contributed by atoms with Gasteiger partial charge in [-0.15, -0.1) is 0 Å². The van der Waals surface area contributed by atoms with Crippen LogP contribution in [-0.4, -0.2) is 31.4 Å².